The summed E-state index contributed by atoms with van der Waals surface area (Å²) in [4.78, 5) is 4.12. The van der Waals surface area contributed by atoms with E-state index in [0.717, 1.165) is 0 Å². The molecule has 2 heteroatoms. The van der Waals surface area contributed by atoms with Crippen LogP contribution in [-0.4, -0.2) is 9.55 Å². The molecular weight excluding hydrogens is 256 g/mol. The molecule has 0 atom stereocenters. The summed E-state index contributed by atoms with van der Waals surface area (Å²) in [7, 11) is 0. The number of imidazole rings is 1. The first-order chi connectivity index (χ1) is 9.68. The molecule has 112 valence electrons. The Balaban J connectivity index is 2.44. The van der Waals surface area contributed by atoms with Gasteiger partial charge in [-0.3, -0.25) is 0 Å². The molecule has 2 rings (SSSR count). The highest BCUT2D eigenvalue weighted by atomic mass is 15.0. The lowest BCUT2D eigenvalue weighted by Crippen LogP contribution is -2.12. The Bertz CT molecular complexity index is 603. The van der Waals surface area contributed by atoms with Crippen LogP contribution < -0.4 is 0 Å². The Morgan fingerprint density at radius 1 is 1.00 bits per heavy atom. The number of allylic oxidation sites excluding steroid dienone is 1. The summed E-state index contributed by atoms with van der Waals surface area (Å²) in [6, 6.07) is 8.94. The van der Waals surface area contributed by atoms with E-state index in [1.54, 1.807) is 6.20 Å². The zero-order valence-corrected chi connectivity index (χ0v) is 14.0. The zero-order valence-electron chi connectivity index (χ0n) is 14.0. The van der Waals surface area contributed by atoms with Gasteiger partial charge in [-0.2, -0.15) is 0 Å². The maximum absolute atomic E-state index is 4.12. The highest BCUT2D eigenvalue weighted by Gasteiger charge is 2.20. The van der Waals surface area contributed by atoms with Gasteiger partial charge in [0.25, 0.3) is 0 Å². The van der Waals surface area contributed by atoms with E-state index in [1.165, 1.54) is 16.7 Å². The lowest BCUT2D eigenvalue weighted by Gasteiger charge is -2.25. The summed E-state index contributed by atoms with van der Waals surface area (Å²) >= 11 is 0. The summed E-state index contributed by atoms with van der Waals surface area (Å²) in [5, 5.41) is 0. The van der Waals surface area contributed by atoms with Gasteiger partial charge in [-0.25, -0.2) is 4.98 Å². The highest BCUT2D eigenvalue weighted by Crippen LogP contribution is 2.35. The van der Waals surface area contributed by atoms with E-state index in [1.807, 2.05) is 17.1 Å². The molecule has 0 spiro atoms. The molecule has 0 aliphatic carbocycles. The Labute approximate surface area is 128 Å². The van der Waals surface area contributed by atoms with E-state index >= 15 is 0 Å². The van der Waals surface area contributed by atoms with Crippen LogP contribution in [0.5, 0.6) is 0 Å². The van der Waals surface area contributed by atoms with Crippen molar-refractivity contribution in [1.82, 2.24) is 9.55 Å². The van der Waals surface area contributed by atoms with Crippen LogP contribution in [-0.2, 0) is 5.41 Å². The van der Waals surface area contributed by atoms with Crippen LogP contribution in [0.25, 0.3) is 11.8 Å². The molecule has 1 heterocycles. The van der Waals surface area contributed by atoms with E-state index in [2.05, 4.69) is 77.0 Å². The minimum absolute atomic E-state index is 0.0769. The maximum Gasteiger partial charge on any atom is 0.0986 e. The lowest BCUT2D eigenvalue weighted by molar-refractivity contribution is 0.567. The van der Waals surface area contributed by atoms with Crippen molar-refractivity contribution in [2.45, 2.75) is 47.0 Å². The largest absolute Gasteiger partial charge is 0.313 e. The minimum Gasteiger partial charge on any atom is -0.313 e. The smallest absolute Gasteiger partial charge is 0.0986 e. The molecule has 0 aliphatic heterocycles. The molecule has 1 aromatic carbocycles. The minimum atomic E-state index is 0.0769. The molecule has 0 aliphatic rings. The summed E-state index contributed by atoms with van der Waals surface area (Å²) in [6.45, 7) is 13.5. The molecule has 0 fully saturated rings. The van der Waals surface area contributed by atoms with E-state index < -0.39 is 0 Å². The molecule has 21 heavy (non-hydrogen) atoms. The Morgan fingerprint density at radius 2 is 1.62 bits per heavy atom. The standard InChI is InChI=1S/C19H26N2/c1-18(2,3)16-9-7-15(8-10-16)17(19(4,5)6)13-21-12-11-20-14-21/h7-14H,1-6H3. The molecule has 1 aromatic heterocycles. The number of hydrogen-bond donors (Lipinski definition) is 0. The molecule has 0 saturated heterocycles. The Hall–Kier alpha value is -1.83. The third-order valence-corrected chi connectivity index (χ3v) is 3.67. The Morgan fingerprint density at radius 3 is 2.05 bits per heavy atom. The predicted octanol–water partition coefficient (Wildman–Crippen LogP) is 5.22. The summed E-state index contributed by atoms with van der Waals surface area (Å²) in [6.07, 6.45) is 7.77. The molecule has 0 bridgehead atoms. The van der Waals surface area contributed by atoms with Gasteiger partial charge in [0, 0.05) is 18.6 Å². The van der Waals surface area contributed by atoms with E-state index in [9.17, 15) is 0 Å². The SMILES string of the molecule is CC(C)(C)C(=Cn1ccnc1)c1ccc(C(C)(C)C)cc1. The molecule has 0 amide bonds. The topological polar surface area (TPSA) is 17.8 Å². The van der Waals surface area contributed by atoms with E-state index in [-0.39, 0.29) is 10.8 Å². The number of benzene rings is 1. The quantitative estimate of drug-likeness (QED) is 0.738. The normalized spacial score (nSPS) is 13.5. The molecule has 0 unspecified atom stereocenters. The second kappa shape index (κ2) is 5.51. The van der Waals surface area contributed by atoms with Crippen molar-refractivity contribution in [2.24, 2.45) is 5.41 Å². The second-order valence-electron chi connectivity index (χ2n) is 7.63. The first-order valence-corrected chi connectivity index (χ1v) is 7.48. The average molecular weight is 282 g/mol. The van der Waals surface area contributed by atoms with Crippen molar-refractivity contribution in [3.05, 3.63) is 54.1 Å². The van der Waals surface area contributed by atoms with Gasteiger partial charge < -0.3 is 4.57 Å². The summed E-state index contributed by atoms with van der Waals surface area (Å²) in [5.41, 5.74) is 4.20. The van der Waals surface area contributed by atoms with Crippen molar-refractivity contribution in [3.8, 4) is 0 Å². The number of aromatic nitrogens is 2. The van der Waals surface area contributed by atoms with Crippen LogP contribution in [0.3, 0.4) is 0 Å². The van der Waals surface area contributed by atoms with Crippen molar-refractivity contribution >= 4 is 11.8 Å². The molecule has 2 aromatic rings. The molecule has 2 nitrogen and oxygen atoms in total. The zero-order chi connectivity index (χ0) is 15.7. The van der Waals surface area contributed by atoms with Gasteiger partial charge in [0.05, 0.1) is 6.33 Å². The third kappa shape index (κ3) is 3.84. The van der Waals surface area contributed by atoms with E-state index in [4.69, 9.17) is 0 Å². The van der Waals surface area contributed by atoms with Crippen LogP contribution in [0.15, 0.2) is 43.0 Å². The van der Waals surface area contributed by atoms with Gasteiger partial charge in [0.15, 0.2) is 0 Å². The summed E-state index contributed by atoms with van der Waals surface area (Å²) in [5.74, 6) is 0. The maximum atomic E-state index is 4.12. The Kier molecular flexibility index (Phi) is 4.08. The van der Waals surface area contributed by atoms with Crippen molar-refractivity contribution in [3.63, 3.8) is 0 Å². The average Bonchev–Trinajstić information content (AvgIpc) is 2.86. The first-order valence-electron chi connectivity index (χ1n) is 7.48. The fourth-order valence-electron chi connectivity index (χ4n) is 2.35. The molecule has 0 radical (unpaired) electrons. The fourth-order valence-corrected chi connectivity index (χ4v) is 2.35. The molecule has 0 saturated carbocycles. The predicted molar refractivity (Wildman–Crippen MR) is 91.0 cm³/mol. The van der Waals surface area contributed by atoms with Crippen molar-refractivity contribution in [1.29, 1.82) is 0 Å². The monoisotopic (exact) mass is 282 g/mol. The van der Waals surface area contributed by atoms with E-state index in [0.29, 0.717) is 0 Å². The molecular formula is C19H26N2. The fraction of sp³-hybridized carbons (Fsp3) is 0.421. The first kappa shape index (κ1) is 15.6. The van der Waals surface area contributed by atoms with Gasteiger partial charge in [-0.05, 0) is 27.5 Å². The van der Waals surface area contributed by atoms with Crippen LogP contribution >= 0.6 is 0 Å². The van der Waals surface area contributed by atoms with Crippen LogP contribution in [0.4, 0.5) is 0 Å². The summed E-state index contributed by atoms with van der Waals surface area (Å²) < 4.78 is 2.01. The van der Waals surface area contributed by atoms with Crippen LogP contribution in [0.1, 0.15) is 52.7 Å². The van der Waals surface area contributed by atoms with Gasteiger partial charge in [-0.15, -0.1) is 0 Å². The van der Waals surface area contributed by atoms with Crippen molar-refractivity contribution in [2.75, 3.05) is 0 Å². The highest BCUT2D eigenvalue weighted by molar-refractivity contribution is 5.78. The third-order valence-electron chi connectivity index (χ3n) is 3.67. The number of rotatable bonds is 2. The van der Waals surface area contributed by atoms with Gasteiger partial charge >= 0.3 is 0 Å². The van der Waals surface area contributed by atoms with Crippen LogP contribution in [0, 0.1) is 5.41 Å². The lowest BCUT2D eigenvalue weighted by atomic mass is 9.81. The van der Waals surface area contributed by atoms with Gasteiger partial charge in [0.1, 0.15) is 0 Å². The second-order valence-corrected chi connectivity index (χ2v) is 7.63. The van der Waals surface area contributed by atoms with Gasteiger partial charge in [0.2, 0.25) is 0 Å². The van der Waals surface area contributed by atoms with Crippen LogP contribution in [0.2, 0.25) is 0 Å². The van der Waals surface area contributed by atoms with Crippen molar-refractivity contribution < 1.29 is 0 Å². The molecule has 0 N–H and O–H groups in total. The number of nitrogens with zero attached hydrogens (tertiary/aromatic N) is 2. The number of hydrogen-bond acceptors (Lipinski definition) is 1. The van der Waals surface area contributed by atoms with Gasteiger partial charge in [-0.1, -0.05) is 65.8 Å².